The number of halogens is 1. The fourth-order valence-electron chi connectivity index (χ4n) is 4.13. The third-order valence-corrected chi connectivity index (χ3v) is 6.23. The van der Waals surface area contributed by atoms with Crippen molar-refractivity contribution in [2.75, 3.05) is 34.5 Å². The molecule has 0 unspecified atom stereocenters. The maximum Gasteiger partial charge on any atom is 0.251 e. The van der Waals surface area contributed by atoms with E-state index >= 15 is 0 Å². The summed E-state index contributed by atoms with van der Waals surface area (Å²) in [5.74, 6) is 2.61. The molecule has 1 amide bonds. The SMILES string of the molecule is COc1cc(C(=O)NCCc2nc3ccccc3n2CCCOc2ccccc2Cl)cc(OC)c1OC. The maximum atomic E-state index is 12.9. The molecule has 1 N–H and O–H groups in total. The molecular formula is C28H30ClN3O5. The lowest BCUT2D eigenvalue weighted by molar-refractivity contribution is 0.0953. The van der Waals surface area contributed by atoms with Gasteiger partial charge in [-0.25, -0.2) is 4.98 Å². The number of fused-ring (bicyclic) bond motifs is 1. The number of aryl methyl sites for hydroxylation is 1. The summed E-state index contributed by atoms with van der Waals surface area (Å²) >= 11 is 6.19. The van der Waals surface area contributed by atoms with E-state index in [4.69, 9.17) is 35.5 Å². The Morgan fingerprint density at radius 1 is 0.946 bits per heavy atom. The van der Waals surface area contributed by atoms with Gasteiger partial charge < -0.3 is 28.8 Å². The fraction of sp³-hybridized carbons (Fsp3) is 0.286. The van der Waals surface area contributed by atoms with Crippen molar-refractivity contribution in [1.82, 2.24) is 14.9 Å². The van der Waals surface area contributed by atoms with E-state index < -0.39 is 0 Å². The first-order valence-corrected chi connectivity index (χ1v) is 12.3. The van der Waals surface area contributed by atoms with Gasteiger partial charge in [0.2, 0.25) is 5.75 Å². The second-order valence-corrected chi connectivity index (χ2v) is 8.63. The van der Waals surface area contributed by atoms with Crippen LogP contribution >= 0.6 is 11.6 Å². The Labute approximate surface area is 221 Å². The van der Waals surface area contributed by atoms with Gasteiger partial charge in [0, 0.05) is 25.1 Å². The molecule has 194 valence electrons. The third kappa shape index (κ3) is 6.09. The van der Waals surface area contributed by atoms with Gasteiger partial charge in [-0.2, -0.15) is 0 Å². The van der Waals surface area contributed by atoms with E-state index in [9.17, 15) is 4.79 Å². The Morgan fingerprint density at radius 2 is 1.65 bits per heavy atom. The van der Waals surface area contributed by atoms with Gasteiger partial charge in [0.1, 0.15) is 11.6 Å². The van der Waals surface area contributed by atoms with Crippen LogP contribution in [0.15, 0.2) is 60.7 Å². The first-order valence-electron chi connectivity index (χ1n) is 12.0. The number of carbonyl (C=O) groups is 1. The second-order valence-electron chi connectivity index (χ2n) is 8.22. The highest BCUT2D eigenvalue weighted by atomic mass is 35.5. The van der Waals surface area contributed by atoms with E-state index in [1.807, 2.05) is 42.5 Å². The number of methoxy groups -OCH3 is 3. The van der Waals surface area contributed by atoms with Gasteiger partial charge in [0.05, 0.1) is 44.0 Å². The maximum absolute atomic E-state index is 12.9. The normalized spacial score (nSPS) is 10.8. The number of amides is 1. The number of imidazole rings is 1. The van der Waals surface area contributed by atoms with Crippen LogP contribution in [0.4, 0.5) is 0 Å². The lowest BCUT2D eigenvalue weighted by atomic mass is 10.1. The number of hydrogen-bond donors (Lipinski definition) is 1. The fourth-order valence-corrected chi connectivity index (χ4v) is 4.32. The quantitative estimate of drug-likeness (QED) is 0.258. The Balaban J connectivity index is 1.41. The summed E-state index contributed by atoms with van der Waals surface area (Å²) in [5, 5.41) is 3.57. The Bertz CT molecular complexity index is 1350. The largest absolute Gasteiger partial charge is 0.493 e. The molecule has 1 aromatic heterocycles. The molecule has 9 heteroatoms. The summed E-state index contributed by atoms with van der Waals surface area (Å²) in [5.41, 5.74) is 2.38. The Morgan fingerprint density at radius 3 is 2.35 bits per heavy atom. The molecule has 3 aromatic carbocycles. The lowest BCUT2D eigenvalue weighted by Crippen LogP contribution is -2.26. The minimum absolute atomic E-state index is 0.241. The minimum Gasteiger partial charge on any atom is -0.493 e. The average molecular weight is 524 g/mol. The topological polar surface area (TPSA) is 83.8 Å². The number of benzene rings is 3. The number of para-hydroxylation sites is 3. The van der Waals surface area contributed by atoms with E-state index in [0.717, 1.165) is 29.8 Å². The lowest BCUT2D eigenvalue weighted by Gasteiger charge is -2.14. The summed E-state index contributed by atoms with van der Waals surface area (Å²) in [4.78, 5) is 17.7. The standard InChI is InChI=1S/C28H30ClN3O5/c1-34-24-17-19(18-25(35-2)27(24)36-3)28(33)30-14-13-26-31-21-10-5-6-11-22(21)32(26)15-8-16-37-23-12-7-4-9-20(23)29/h4-7,9-12,17-18H,8,13-16H2,1-3H3,(H,30,33). The van der Waals surface area contributed by atoms with Crippen molar-refractivity contribution in [2.24, 2.45) is 0 Å². The highest BCUT2D eigenvalue weighted by molar-refractivity contribution is 6.32. The van der Waals surface area contributed by atoms with E-state index in [-0.39, 0.29) is 5.91 Å². The molecule has 0 spiro atoms. The number of nitrogens with zero attached hydrogens (tertiary/aromatic N) is 2. The van der Waals surface area contributed by atoms with Crippen molar-refractivity contribution in [3.63, 3.8) is 0 Å². The molecule has 0 atom stereocenters. The van der Waals surface area contributed by atoms with E-state index in [1.54, 1.807) is 12.1 Å². The molecule has 0 aliphatic carbocycles. The van der Waals surface area contributed by atoms with Gasteiger partial charge in [0.25, 0.3) is 5.91 Å². The number of aromatic nitrogens is 2. The zero-order chi connectivity index (χ0) is 26.2. The van der Waals surface area contributed by atoms with Crippen LogP contribution in [-0.2, 0) is 13.0 Å². The van der Waals surface area contributed by atoms with Crippen LogP contribution in [0.3, 0.4) is 0 Å². The van der Waals surface area contributed by atoms with Crippen molar-refractivity contribution in [2.45, 2.75) is 19.4 Å². The van der Waals surface area contributed by atoms with Crippen LogP contribution in [0, 0.1) is 0 Å². The zero-order valence-electron chi connectivity index (χ0n) is 21.1. The van der Waals surface area contributed by atoms with Crippen molar-refractivity contribution < 1.29 is 23.7 Å². The van der Waals surface area contributed by atoms with Crippen LogP contribution in [0.2, 0.25) is 5.02 Å². The predicted molar refractivity (Wildman–Crippen MR) is 143 cm³/mol. The molecular weight excluding hydrogens is 494 g/mol. The first-order chi connectivity index (χ1) is 18.0. The molecule has 0 saturated carbocycles. The van der Waals surface area contributed by atoms with Crippen LogP contribution in [0.5, 0.6) is 23.0 Å². The molecule has 1 heterocycles. The van der Waals surface area contributed by atoms with E-state index in [1.165, 1.54) is 21.3 Å². The van der Waals surface area contributed by atoms with Crippen molar-refractivity contribution >= 4 is 28.5 Å². The van der Waals surface area contributed by atoms with Crippen LogP contribution in [0.25, 0.3) is 11.0 Å². The molecule has 0 bridgehead atoms. The van der Waals surface area contributed by atoms with Gasteiger partial charge in [-0.3, -0.25) is 4.79 Å². The molecule has 37 heavy (non-hydrogen) atoms. The van der Waals surface area contributed by atoms with E-state index in [2.05, 4.69) is 16.0 Å². The molecule has 0 radical (unpaired) electrons. The smallest absolute Gasteiger partial charge is 0.251 e. The second kappa shape index (κ2) is 12.4. The number of hydrogen-bond acceptors (Lipinski definition) is 6. The summed E-state index contributed by atoms with van der Waals surface area (Å²) in [6.45, 7) is 1.66. The monoisotopic (exact) mass is 523 g/mol. The van der Waals surface area contributed by atoms with Crippen molar-refractivity contribution in [3.05, 3.63) is 77.1 Å². The highest BCUT2D eigenvalue weighted by Crippen LogP contribution is 2.38. The molecule has 0 saturated heterocycles. The molecule has 0 aliphatic heterocycles. The summed E-state index contributed by atoms with van der Waals surface area (Å²) in [7, 11) is 4.56. The van der Waals surface area contributed by atoms with Crippen LogP contribution < -0.4 is 24.3 Å². The van der Waals surface area contributed by atoms with Crippen LogP contribution in [0.1, 0.15) is 22.6 Å². The molecule has 8 nitrogen and oxygen atoms in total. The average Bonchev–Trinajstić information content (AvgIpc) is 3.28. The van der Waals surface area contributed by atoms with Crippen molar-refractivity contribution in [3.8, 4) is 23.0 Å². The van der Waals surface area contributed by atoms with Gasteiger partial charge >= 0.3 is 0 Å². The Hall–Kier alpha value is -3.91. The Kier molecular flexibility index (Phi) is 8.74. The van der Waals surface area contributed by atoms with Crippen molar-refractivity contribution in [1.29, 1.82) is 0 Å². The molecule has 0 fully saturated rings. The third-order valence-electron chi connectivity index (χ3n) is 5.91. The number of ether oxygens (including phenoxy) is 4. The predicted octanol–water partition coefficient (Wildman–Crippen LogP) is 5.16. The van der Waals surface area contributed by atoms with Gasteiger partial charge in [-0.05, 0) is 42.8 Å². The van der Waals surface area contributed by atoms with Gasteiger partial charge in [0.15, 0.2) is 11.5 Å². The zero-order valence-corrected chi connectivity index (χ0v) is 21.9. The number of rotatable bonds is 12. The highest BCUT2D eigenvalue weighted by Gasteiger charge is 2.17. The van der Waals surface area contributed by atoms with Gasteiger partial charge in [-0.1, -0.05) is 35.9 Å². The molecule has 4 rings (SSSR count). The van der Waals surface area contributed by atoms with E-state index in [0.29, 0.717) is 53.2 Å². The molecule has 0 aliphatic rings. The number of carbonyl (C=O) groups excluding carboxylic acids is 1. The minimum atomic E-state index is -0.241. The summed E-state index contributed by atoms with van der Waals surface area (Å²) < 4.78 is 24.1. The van der Waals surface area contributed by atoms with Crippen LogP contribution in [-0.4, -0.2) is 49.9 Å². The summed E-state index contributed by atoms with van der Waals surface area (Å²) in [6.07, 6.45) is 1.34. The molecule has 4 aromatic rings. The number of nitrogens with one attached hydrogen (secondary N) is 1. The summed E-state index contributed by atoms with van der Waals surface area (Å²) in [6, 6.07) is 18.7. The first kappa shape index (κ1) is 26.2. The van der Waals surface area contributed by atoms with Gasteiger partial charge in [-0.15, -0.1) is 0 Å².